The topological polar surface area (TPSA) is 65.4 Å². The number of anilines is 1. The van der Waals surface area contributed by atoms with E-state index in [1.165, 1.54) is 0 Å². The molecule has 7 heteroatoms. The van der Waals surface area contributed by atoms with Crippen LogP contribution in [0.25, 0.3) is 11.0 Å². The van der Waals surface area contributed by atoms with E-state index in [0.717, 1.165) is 16.6 Å². The Morgan fingerprint density at radius 2 is 1.93 bits per heavy atom. The number of carbonyl (C=O) groups excluding carboxylic acids is 1. The first-order valence-electron chi connectivity index (χ1n) is 8.97. The van der Waals surface area contributed by atoms with Crippen LogP contribution in [-0.4, -0.2) is 35.8 Å². The number of benzene rings is 2. The monoisotopic (exact) mass is 397 g/mol. The highest BCUT2D eigenvalue weighted by molar-refractivity contribution is 6.31. The molecule has 0 saturated carbocycles. The highest BCUT2D eigenvalue weighted by Crippen LogP contribution is 2.41. The molecule has 1 aromatic heterocycles. The highest BCUT2D eigenvalue weighted by Gasteiger charge is 2.35. The molecule has 0 unspecified atom stereocenters. The van der Waals surface area contributed by atoms with Gasteiger partial charge < -0.3 is 14.8 Å². The van der Waals surface area contributed by atoms with E-state index in [9.17, 15) is 4.79 Å². The molecular weight excluding hydrogens is 378 g/mol. The highest BCUT2D eigenvalue weighted by atomic mass is 35.5. The molecule has 1 atom stereocenters. The van der Waals surface area contributed by atoms with E-state index in [0.29, 0.717) is 28.8 Å². The van der Waals surface area contributed by atoms with E-state index in [-0.39, 0.29) is 6.61 Å². The molecule has 0 bridgehead atoms. The van der Waals surface area contributed by atoms with Crippen molar-refractivity contribution in [1.29, 1.82) is 0 Å². The first kappa shape index (κ1) is 18.5. The van der Waals surface area contributed by atoms with Gasteiger partial charge in [-0.15, -0.1) is 0 Å². The van der Waals surface area contributed by atoms with Crippen molar-refractivity contribution < 1.29 is 14.3 Å². The van der Waals surface area contributed by atoms with Gasteiger partial charge in [0.1, 0.15) is 6.61 Å². The summed E-state index contributed by atoms with van der Waals surface area (Å²) in [5.74, 6) is 0.257. The van der Waals surface area contributed by atoms with Crippen molar-refractivity contribution in [2.24, 2.45) is 0 Å². The molecule has 28 heavy (non-hydrogen) atoms. The molecule has 0 aliphatic carbocycles. The summed E-state index contributed by atoms with van der Waals surface area (Å²) in [7, 11) is 1.57. The molecule has 144 valence electrons. The summed E-state index contributed by atoms with van der Waals surface area (Å²) >= 11 is 6.54. The van der Waals surface area contributed by atoms with Crippen LogP contribution in [0.3, 0.4) is 0 Å². The molecular formula is C21H20ClN3O3. The minimum atomic E-state index is -0.451. The zero-order valence-corrected chi connectivity index (χ0v) is 16.4. The molecule has 0 amide bonds. The number of methoxy groups -OCH3 is 1. The number of fused-ring (bicyclic) bond motifs is 3. The first-order chi connectivity index (χ1) is 13.6. The van der Waals surface area contributed by atoms with Crippen LogP contribution in [0.15, 0.2) is 59.8 Å². The van der Waals surface area contributed by atoms with Crippen molar-refractivity contribution >= 4 is 34.6 Å². The van der Waals surface area contributed by atoms with Crippen molar-refractivity contribution in [1.82, 2.24) is 9.55 Å². The quantitative estimate of drug-likeness (QED) is 0.517. The molecule has 3 aromatic rings. The average molecular weight is 398 g/mol. The Labute approximate surface area is 167 Å². The van der Waals surface area contributed by atoms with E-state index in [1.54, 1.807) is 7.11 Å². The Morgan fingerprint density at radius 3 is 2.71 bits per heavy atom. The third-order valence-corrected chi connectivity index (χ3v) is 5.12. The van der Waals surface area contributed by atoms with Crippen LogP contribution in [-0.2, 0) is 14.3 Å². The van der Waals surface area contributed by atoms with Gasteiger partial charge in [-0.1, -0.05) is 41.9 Å². The van der Waals surface area contributed by atoms with Crippen molar-refractivity contribution in [2.75, 3.05) is 25.6 Å². The number of hydrogen-bond acceptors (Lipinski definition) is 5. The maximum absolute atomic E-state index is 13.0. The van der Waals surface area contributed by atoms with Crippen molar-refractivity contribution in [3.05, 3.63) is 70.4 Å². The third-order valence-electron chi connectivity index (χ3n) is 4.77. The number of nitrogens with zero attached hydrogens (tertiary/aromatic N) is 2. The number of allylic oxidation sites excluding steroid dienone is 1. The zero-order valence-electron chi connectivity index (χ0n) is 15.6. The number of nitrogens with one attached hydrogen (secondary N) is 1. The van der Waals surface area contributed by atoms with Gasteiger partial charge in [0, 0.05) is 17.8 Å². The Balaban J connectivity index is 1.89. The van der Waals surface area contributed by atoms with Crippen molar-refractivity contribution in [3.8, 4) is 0 Å². The normalized spacial score (nSPS) is 16.0. The molecule has 2 heterocycles. The number of aromatic nitrogens is 2. The second kappa shape index (κ2) is 7.66. The summed E-state index contributed by atoms with van der Waals surface area (Å²) in [4.78, 5) is 17.7. The second-order valence-corrected chi connectivity index (χ2v) is 6.92. The molecule has 0 spiro atoms. The summed E-state index contributed by atoms with van der Waals surface area (Å²) < 4.78 is 12.4. The fourth-order valence-electron chi connectivity index (χ4n) is 3.51. The third kappa shape index (κ3) is 3.15. The number of carbonyl (C=O) groups is 1. The number of rotatable bonds is 5. The Morgan fingerprint density at radius 1 is 1.18 bits per heavy atom. The van der Waals surface area contributed by atoms with E-state index in [4.69, 9.17) is 21.1 Å². The molecule has 0 fully saturated rings. The van der Waals surface area contributed by atoms with Crippen LogP contribution >= 0.6 is 11.6 Å². The number of ether oxygens (including phenoxy) is 2. The number of hydrogen-bond donors (Lipinski definition) is 1. The fraction of sp³-hybridized carbons (Fsp3) is 0.238. The molecule has 1 aliphatic heterocycles. The maximum atomic E-state index is 13.0. The van der Waals surface area contributed by atoms with Gasteiger partial charge in [0.15, 0.2) is 0 Å². The summed E-state index contributed by atoms with van der Waals surface area (Å²) in [6.07, 6.45) is 0. The number of imidazole rings is 1. The Kier molecular flexibility index (Phi) is 5.07. The van der Waals surface area contributed by atoms with Crippen molar-refractivity contribution in [3.63, 3.8) is 0 Å². The largest absolute Gasteiger partial charge is 0.460 e. The minimum absolute atomic E-state index is 0.179. The summed E-state index contributed by atoms with van der Waals surface area (Å²) in [6.45, 7) is 2.36. The van der Waals surface area contributed by atoms with Gasteiger partial charge >= 0.3 is 5.97 Å². The van der Waals surface area contributed by atoms with Gasteiger partial charge in [-0.25, -0.2) is 9.78 Å². The minimum Gasteiger partial charge on any atom is -0.460 e. The van der Waals surface area contributed by atoms with Gasteiger partial charge in [-0.2, -0.15) is 0 Å². The molecule has 6 nitrogen and oxygen atoms in total. The van der Waals surface area contributed by atoms with Crippen LogP contribution in [0.1, 0.15) is 18.5 Å². The Hall–Kier alpha value is -2.83. The summed E-state index contributed by atoms with van der Waals surface area (Å²) in [5, 5.41) is 3.82. The first-order valence-corrected chi connectivity index (χ1v) is 9.35. The van der Waals surface area contributed by atoms with Crippen LogP contribution in [0, 0.1) is 0 Å². The van der Waals surface area contributed by atoms with Gasteiger partial charge in [0.25, 0.3) is 0 Å². The standard InChI is InChI=1S/C21H20ClN3O3/c1-13-18(20(26)28-12-11-27-2)19(14-7-3-4-8-15(14)22)25-17-10-6-5-9-16(17)24-21(25)23-13/h3-10,19H,11-12H2,1-2H3,(H,23,24)/t19-/m1/s1. The Bertz CT molecular complexity index is 1070. The van der Waals surface area contributed by atoms with Crippen molar-refractivity contribution in [2.45, 2.75) is 13.0 Å². The molecule has 2 aromatic carbocycles. The predicted octanol–water partition coefficient (Wildman–Crippen LogP) is 4.17. The maximum Gasteiger partial charge on any atom is 0.338 e. The van der Waals surface area contributed by atoms with Gasteiger partial charge in [0.2, 0.25) is 5.95 Å². The zero-order chi connectivity index (χ0) is 19.7. The van der Waals surface area contributed by atoms with E-state index in [2.05, 4.69) is 10.3 Å². The lowest BCUT2D eigenvalue weighted by Gasteiger charge is -2.30. The van der Waals surface area contributed by atoms with Crippen LogP contribution in [0.5, 0.6) is 0 Å². The summed E-state index contributed by atoms with van der Waals surface area (Å²) in [5.41, 5.74) is 3.75. The van der Waals surface area contributed by atoms with Crippen LogP contribution in [0.2, 0.25) is 5.02 Å². The van der Waals surface area contributed by atoms with E-state index >= 15 is 0 Å². The molecule has 4 rings (SSSR count). The van der Waals surface area contributed by atoms with Gasteiger partial charge in [0.05, 0.1) is 29.3 Å². The molecule has 1 N–H and O–H groups in total. The average Bonchev–Trinajstić information content (AvgIpc) is 3.05. The molecule has 0 saturated heterocycles. The smallest absolute Gasteiger partial charge is 0.338 e. The lowest BCUT2D eigenvalue weighted by Crippen LogP contribution is -2.29. The number of esters is 1. The van der Waals surface area contributed by atoms with Gasteiger partial charge in [-0.05, 0) is 30.7 Å². The summed E-state index contributed by atoms with van der Waals surface area (Å²) in [6, 6.07) is 14.9. The number of para-hydroxylation sites is 2. The molecule has 1 aliphatic rings. The molecule has 0 radical (unpaired) electrons. The predicted molar refractivity (Wildman–Crippen MR) is 108 cm³/mol. The van der Waals surface area contributed by atoms with E-state index in [1.807, 2.05) is 60.0 Å². The lowest BCUT2D eigenvalue weighted by atomic mass is 9.95. The van der Waals surface area contributed by atoms with Gasteiger partial charge in [-0.3, -0.25) is 4.57 Å². The van der Waals surface area contributed by atoms with E-state index < -0.39 is 12.0 Å². The fourth-order valence-corrected chi connectivity index (χ4v) is 3.75. The second-order valence-electron chi connectivity index (χ2n) is 6.51. The van der Waals surface area contributed by atoms with Crippen LogP contribution < -0.4 is 5.32 Å². The SMILES string of the molecule is COCCOC(=O)C1=C(C)Nc2nc3ccccc3n2[C@@H]1c1ccccc1Cl. The van der Waals surface area contributed by atoms with Crippen LogP contribution in [0.4, 0.5) is 5.95 Å². The number of halogens is 1. The lowest BCUT2D eigenvalue weighted by molar-refractivity contribution is -0.140.